The Labute approximate surface area is 163 Å². The molecule has 4 heteroatoms. The van der Waals surface area contributed by atoms with Gasteiger partial charge in [0.15, 0.2) is 5.78 Å². The Bertz CT molecular complexity index is 920. The van der Waals surface area contributed by atoms with Gasteiger partial charge in [-0.15, -0.1) is 11.8 Å². The van der Waals surface area contributed by atoms with Crippen molar-refractivity contribution in [3.05, 3.63) is 102 Å². The van der Waals surface area contributed by atoms with E-state index in [2.05, 4.69) is 5.32 Å². The number of nitrogens with one attached hydrogen (secondary N) is 1. The smallest absolute Gasteiger partial charge is 0.248 e. The number of ketones is 1. The lowest BCUT2D eigenvalue weighted by molar-refractivity contribution is -0.111. The number of rotatable bonds is 7. The number of hydrogen-bond acceptors (Lipinski definition) is 3. The van der Waals surface area contributed by atoms with Gasteiger partial charge >= 0.3 is 0 Å². The molecule has 0 saturated carbocycles. The van der Waals surface area contributed by atoms with Crippen LogP contribution in [0.15, 0.2) is 95.9 Å². The summed E-state index contributed by atoms with van der Waals surface area (Å²) in [4.78, 5) is 25.1. The molecule has 0 aliphatic rings. The Hall–Kier alpha value is -3.11. The molecule has 3 aromatic carbocycles. The molecule has 0 aromatic heterocycles. The molecular weight excluding hydrogens is 354 g/mol. The van der Waals surface area contributed by atoms with Gasteiger partial charge < -0.3 is 5.32 Å². The van der Waals surface area contributed by atoms with Crippen molar-refractivity contribution in [2.45, 2.75) is 4.90 Å². The Balaban J connectivity index is 1.50. The molecule has 0 unspecified atom stereocenters. The van der Waals surface area contributed by atoms with Crippen LogP contribution in [0.2, 0.25) is 0 Å². The minimum absolute atomic E-state index is 0.101. The second kappa shape index (κ2) is 9.55. The molecule has 0 aliphatic carbocycles. The highest BCUT2D eigenvalue weighted by molar-refractivity contribution is 8.00. The van der Waals surface area contributed by atoms with Crippen molar-refractivity contribution in [2.75, 3.05) is 11.1 Å². The summed E-state index contributed by atoms with van der Waals surface area (Å²) in [6.07, 6.45) is 3.28. The van der Waals surface area contributed by atoms with Crippen LogP contribution in [0.25, 0.3) is 6.08 Å². The van der Waals surface area contributed by atoms with Crippen LogP contribution >= 0.6 is 11.8 Å². The number of carbonyl (C=O) groups excluding carboxylic acids is 2. The van der Waals surface area contributed by atoms with Crippen LogP contribution in [0.4, 0.5) is 5.69 Å². The van der Waals surface area contributed by atoms with Crippen LogP contribution in [0.3, 0.4) is 0 Å². The quantitative estimate of drug-likeness (QED) is 0.347. The highest BCUT2D eigenvalue weighted by Crippen LogP contribution is 2.21. The minimum Gasteiger partial charge on any atom is -0.323 e. The highest BCUT2D eigenvalue weighted by atomic mass is 32.2. The molecule has 0 atom stereocenters. The number of benzene rings is 3. The SMILES string of the molecule is O=C(/C=C/c1ccccc1)Nc1ccc(SCC(=O)c2ccccc2)cc1. The second-order valence-corrected chi connectivity index (χ2v) is 6.88. The fraction of sp³-hybridized carbons (Fsp3) is 0.0435. The molecule has 3 nitrogen and oxygen atoms in total. The molecule has 0 radical (unpaired) electrons. The molecule has 27 heavy (non-hydrogen) atoms. The first-order chi connectivity index (χ1) is 13.2. The Morgan fingerprint density at radius 3 is 2.11 bits per heavy atom. The largest absolute Gasteiger partial charge is 0.323 e. The van der Waals surface area contributed by atoms with Crippen LogP contribution < -0.4 is 5.32 Å². The van der Waals surface area contributed by atoms with Gasteiger partial charge in [0.25, 0.3) is 0 Å². The van der Waals surface area contributed by atoms with E-state index in [1.54, 1.807) is 6.08 Å². The zero-order valence-electron chi connectivity index (χ0n) is 14.7. The molecule has 0 bridgehead atoms. The third-order valence-electron chi connectivity index (χ3n) is 3.81. The number of hydrogen-bond donors (Lipinski definition) is 1. The molecule has 0 aliphatic heterocycles. The number of Topliss-reactive ketones (excluding diaryl/α,β-unsaturated/α-hetero) is 1. The van der Waals surface area contributed by atoms with Crippen molar-refractivity contribution in [1.29, 1.82) is 0 Å². The average molecular weight is 373 g/mol. The van der Waals surface area contributed by atoms with E-state index < -0.39 is 0 Å². The molecule has 3 rings (SSSR count). The summed E-state index contributed by atoms with van der Waals surface area (Å²) in [5, 5.41) is 2.83. The fourth-order valence-electron chi connectivity index (χ4n) is 2.41. The van der Waals surface area contributed by atoms with E-state index in [4.69, 9.17) is 0 Å². The summed E-state index contributed by atoms with van der Waals surface area (Å²) < 4.78 is 0. The predicted octanol–water partition coefficient (Wildman–Crippen LogP) is 5.31. The zero-order chi connectivity index (χ0) is 18.9. The van der Waals surface area contributed by atoms with E-state index in [9.17, 15) is 9.59 Å². The van der Waals surface area contributed by atoms with Crippen molar-refractivity contribution in [3.63, 3.8) is 0 Å². The first-order valence-corrected chi connectivity index (χ1v) is 9.54. The lowest BCUT2D eigenvalue weighted by Crippen LogP contribution is -2.07. The molecule has 3 aromatic rings. The second-order valence-electron chi connectivity index (χ2n) is 5.84. The molecule has 0 spiro atoms. The van der Waals surface area contributed by atoms with E-state index in [-0.39, 0.29) is 11.7 Å². The summed E-state index contributed by atoms with van der Waals surface area (Å²) in [6, 6.07) is 26.4. The van der Waals surface area contributed by atoms with Gasteiger partial charge in [0.2, 0.25) is 5.91 Å². The third-order valence-corrected chi connectivity index (χ3v) is 4.83. The van der Waals surface area contributed by atoms with Gasteiger partial charge in [-0.1, -0.05) is 60.7 Å². The van der Waals surface area contributed by atoms with Crippen molar-refractivity contribution >= 4 is 35.2 Å². The standard InChI is InChI=1S/C23H19NO2S/c25-22(19-9-5-2-6-10-19)17-27-21-14-12-20(13-15-21)24-23(26)16-11-18-7-3-1-4-8-18/h1-16H,17H2,(H,24,26)/b16-11+. The summed E-state index contributed by atoms with van der Waals surface area (Å²) >= 11 is 1.48. The summed E-state index contributed by atoms with van der Waals surface area (Å²) in [5.74, 6) is 0.303. The molecule has 1 amide bonds. The van der Waals surface area contributed by atoms with Crippen LogP contribution in [0.1, 0.15) is 15.9 Å². The topological polar surface area (TPSA) is 46.2 Å². The minimum atomic E-state index is -0.182. The number of thioether (sulfide) groups is 1. The molecule has 134 valence electrons. The lowest BCUT2D eigenvalue weighted by atomic mass is 10.2. The van der Waals surface area contributed by atoms with Crippen molar-refractivity contribution in [2.24, 2.45) is 0 Å². The van der Waals surface area contributed by atoms with Gasteiger partial charge in [0.05, 0.1) is 5.75 Å². The summed E-state index contributed by atoms with van der Waals surface area (Å²) in [7, 11) is 0. The molecule has 0 heterocycles. The van der Waals surface area contributed by atoms with E-state index in [1.807, 2.05) is 84.9 Å². The van der Waals surface area contributed by atoms with Crippen LogP contribution in [0, 0.1) is 0 Å². The predicted molar refractivity (Wildman–Crippen MR) is 112 cm³/mol. The highest BCUT2D eigenvalue weighted by Gasteiger charge is 2.06. The van der Waals surface area contributed by atoms with E-state index >= 15 is 0 Å². The van der Waals surface area contributed by atoms with Gasteiger partial charge in [-0.3, -0.25) is 9.59 Å². The van der Waals surface area contributed by atoms with E-state index in [0.717, 1.165) is 21.7 Å². The Morgan fingerprint density at radius 1 is 0.815 bits per heavy atom. The zero-order valence-corrected chi connectivity index (χ0v) is 15.5. The Kier molecular flexibility index (Phi) is 6.61. The molecule has 0 fully saturated rings. The first-order valence-electron chi connectivity index (χ1n) is 8.56. The first kappa shape index (κ1) is 18.7. The van der Waals surface area contributed by atoms with Crippen molar-refractivity contribution in [1.82, 2.24) is 0 Å². The summed E-state index contributed by atoms with van der Waals surface area (Å²) in [6.45, 7) is 0. The van der Waals surface area contributed by atoms with Gasteiger partial charge in [-0.2, -0.15) is 0 Å². The molecular formula is C23H19NO2S. The Morgan fingerprint density at radius 2 is 1.44 bits per heavy atom. The maximum atomic E-state index is 12.1. The van der Waals surface area contributed by atoms with Crippen molar-refractivity contribution < 1.29 is 9.59 Å². The maximum Gasteiger partial charge on any atom is 0.248 e. The van der Waals surface area contributed by atoms with Gasteiger partial charge in [0, 0.05) is 22.2 Å². The fourth-order valence-corrected chi connectivity index (χ4v) is 3.20. The van der Waals surface area contributed by atoms with Gasteiger partial charge in [-0.25, -0.2) is 0 Å². The lowest BCUT2D eigenvalue weighted by Gasteiger charge is -2.05. The number of anilines is 1. The van der Waals surface area contributed by atoms with E-state index in [0.29, 0.717) is 5.75 Å². The molecule has 0 saturated heterocycles. The van der Waals surface area contributed by atoms with Crippen LogP contribution in [0.5, 0.6) is 0 Å². The number of amides is 1. The van der Waals surface area contributed by atoms with Crippen LogP contribution in [-0.4, -0.2) is 17.4 Å². The van der Waals surface area contributed by atoms with Gasteiger partial charge in [0.1, 0.15) is 0 Å². The maximum absolute atomic E-state index is 12.1. The monoisotopic (exact) mass is 373 g/mol. The van der Waals surface area contributed by atoms with Crippen molar-refractivity contribution in [3.8, 4) is 0 Å². The van der Waals surface area contributed by atoms with E-state index in [1.165, 1.54) is 17.8 Å². The average Bonchev–Trinajstić information content (AvgIpc) is 2.73. The summed E-state index contributed by atoms with van der Waals surface area (Å²) in [5.41, 5.74) is 2.41. The molecule has 1 N–H and O–H groups in total. The van der Waals surface area contributed by atoms with Crippen LogP contribution in [-0.2, 0) is 4.79 Å². The number of carbonyl (C=O) groups is 2. The van der Waals surface area contributed by atoms with Gasteiger partial charge in [-0.05, 0) is 35.9 Å². The normalized spacial score (nSPS) is 10.7. The third kappa shape index (κ3) is 5.97.